The average molecular weight is 525 g/mol. The van der Waals surface area contributed by atoms with Gasteiger partial charge in [0.25, 0.3) is 0 Å². The summed E-state index contributed by atoms with van der Waals surface area (Å²) in [4.78, 5) is 4.33. The molecule has 2 aromatic carbocycles. The number of hydrogen-bond donors (Lipinski definition) is 2. The topological polar surface area (TPSA) is 64.1 Å². The zero-order valence-electron chi connectivity index (χ0n) is 18.2. The molecule has 0 bridgehead atoms. The summed E-state index contributed by atoms with van der Waals surface area (Å²) in [5.74, 6) is 2.59. The van der Waals surface area contributed by atoms with Gasteiger partial charge in [0.15, 0.2) is 5.96 Å². The minimum absolute atomic E-state index is 0. The first-order chi connectivity index (χ1) is 14.1. The van der Waals surface area contributed by atoms with Crippen molar-refractivity contribution in [2.75, 3.05) is 20.8 Å². The van der Waals surface area contributed by atoms with E-state index in [0.717, 1.165) is 35.0 Å². The first-order valence-electron chi connectivity index (χ1n) is 10.1. The highest BCUT2D eigenvalue weighted by Gasteiger charge is 2.21. The molecule has 1 atom stereocenters. The number of ether oxygens (including phenoxy) is 3. The lowest BCUT2D eigenvalue weighted by molar-refractivity contribution is 0.185. The third-order valence-electron chi connectivity index (χ3n) is 4.81. The number of guanidine groups is 1. The van der Waals surface area contributed by atoms with E-state index in [4.69, 9.17) is 14.2 Å². The zero-order valence-corrected chi connectivity index (χ0v) is 20.5. The minimum atomic E-state index is 0. The van der Waals surface area contributed by atoms with Crippen LogP contribution in [0.4, 0.5) is 0 Å². The van der Waals surface area contributed by atoms with E-state index in [0.29, 0.717) is 26.3 Å². The van der Waals surface area contributed by atoms with Gasteiger partial charge in [0.05, 0.1) is 13.2 Å². The summed E-state index contributed by atoms with van der Waals surface area (Å²) in [6, 6.07) is 12.5. The van der Waals surface area contributed by atoms with Gasteiger partial charge < -0.3 is 24.8 Å². The highest BCUT2D eigenvalue weighted by molar-refractivity contribution is 14.0. The van der Waals surface area contributed by atoms with Crippen molar-refractivity contribution >= 4 is 29.9 Å². The Kier molecular flexibility index (Phi) is 9.71. The molecule has 0 spiro atoms. The number of halogens is 1. The summed E-state index contributed by atoms with van der Waals surface area (Å²) < 4.78 is 17.0. The van der Waals surface area contributed by atoms with Crippen LogP contribution >= 0.6 is 24.0 Å². The molecule has 0 radical (unpaired) electrons. The number of benzene rings is 2. The third kappa shape index (κ3) is 6.50. The van der Waals surface area contributed by atoms with Gasteiger partial charge in [-0.05, 0) is 37.1 Å². The summed E-state index contributed by atoms with van der Waals surface area (Å²) in [7, 11) is 3.48. The normalized spacial score (nSPS) is 15.1. The Morgan fingerprint density at radius 2 is 1.93 bits per heavy atom. The molecule has 0 saturated carbocycles. The van der Waals surface area contributed by atoms with E-state index in [1.807, 2.05) is 13.0 Å². The molecule has 6 nitrogen and oxygen atoms in total. The monoisotopic (exact) mass is 525 g/mol. The van der Waals surface area contributed by atoms with Gasteiger partial charge in [0.1, 0.15) is 17.6 Å². The zero-order chi connectivity index (χ0) is 20.6. The molecule has 1 aliphatic heterocycles. The predicted molar refractivity (Wildman–Crippen MR) is 131 cm³/mol. The molecule has 30 heavy (non-hydrogen) atoms. The van der Waals surface area contributed by atoms with Crippen molar-refractivity contribution in [3.63, 3.8) is 0 Å². The Morgan fingerprint density at radius 1 is 1.17 bits per heavy atom. The van der Waals surface area contributed by atoms with E-state index in [1.54, 1.807) is 14.2 Å². The molecular weight excluding hydrogens is 493 g/mol. The molecule has 2 N–H and O–H groups in total. The molecule has 3 rings (SSSR count). The second-order valence-corrected chi connectivity index (χ2v) is 7.17. The lowest BCUT2D eigenvalue weighted by Gasteiger charge is -2.16. The number of nitrogens with one attached hydrogen (secondary N) is 2. The fraction of sp³-hybridized carbons (Fsp3) is 0.435. The van der Waals surface area contributed by atoms with Crippen molar-refractivity contribution in [1.82, 2.24) is 10.6 Å². The number of fused-ring (bicyclic) bond motifs is 1. The first kappa shape index (κ1) is 24.3. The molecule has 1 heterocycles. The third-order valence-corrected chi connectivity index (χ3v) is 4.81. The highest BCUT2D eigenvalue weighted by atomic mass is 127. The quantitative estimate of drug-likeness (QED) is 0.310. The fourth-order valence-electron chi connectivity index (χ4n) is 3.49. The molecule has 0 aromatic heterocycles. The molecule has 1 aliphatic rings. The van der Waals surface area contributed by atoms with E-state index >= 15 is 0 Å². The molecular formula is C23H32IN3O3. The Morgan fingerprint density at radius 3 is 2.67 bits per heavy atom. The van der Waals surface area contributed by atoms with Gasteiger partial charge in [0.2, 0.25) is 0 Å². The van der Waals surface area contributed by atoms with Crippen molar-refractivity contribution in [1.29, 1.82) is 0 Å². The van der Waals surface area contributed by atoms with Gasteiger partial charge >= 0.3 is 0 Å². The number of aliphatic imine (C=N–C) groups is 1. The van der Waals surface area contributed by atoms with E-state index in [2.05, 4.69) is 52.9 Å². The first-order valence-corrected chi connectivity index (χ1v) is 10.1. The molecule has 0 saturated heterocycles. The van der Waals surface area contributed by atoms with Crippen LogP contribution in [0.5, 0.6) is 11.5 Å². The molecule has 0 fully saturated rings. The standard InChI is InChI=1S/C23H31N3O3.HI/c1-5-28-21-11-19-9-16(2)29-22(19)12-20(21)14-26-23(24-3)25-13-17-7-6-8-18(10-17)15-27-4;/h6-8,10-12,16H,5,9,13-15H2,1-4H3,(H2,24,25,26);1H. The molecule has 164 valence electrons. The van der Waals surface area contributed by atoms with Crippen LogP contribution in [0.1, 0.15) is 36.1 Å². The molecule has 2 aromatic rings. The van der Waals surface area contributed by atoms with Crippen molar-refractivity contribution < 1.29 is 14.2 Å². The minimum Gasteiger partial charge on any atom is -0.494 e. The molecule has 0 amide bonds. The van der Waals surface area contributed by atoms with Crippen molar-refractivity contribution in [2.24, 2.45) is 4.99 Å². The van der Waals surface area contributed by atoms with Crippen molar-refractivity contribution in [3.8, 4) is 11.5 Å². The van der Waals surface area contributed by atoms with E-state index in [-0.39, 0.29) is 30.1 Å². The molecule has 0 aliphatic carbocycles. The van der Waals surface area contributed by atoms with Crippen molar-refractivity contribution in [3.05, 3.63) is 58.7 Å². The number of hydrogen-bond acceptors (Lipinski definition) is 4. The fourth-order valence-corrected chi connectivity index (χ4v) is 3.49. The Hall–Kier alpha value is -2.00. The van der Waals surface area contributed by atoms with Crippen LogP contribution in [0.3, 0.4) is 0 Å². The van der Waals surface area contributed by atoms with Crippen LogP contribution in [0.15, 0.2) is 41.4 Å². The Labute approximate surface area is 196 Å². The SMILES string of the molecule is CCOc1cc2c(cc1CNC(=NC)NCc1cccc(COC)c1)OC(C)C2.I. The van der Waals surface area contributed by atoms with E-state index in [9.17, 15) is 0 Å². The summed E-state index contributed by atoms with van der Waals surface area (Å²) in [5.41, 5.74) is 4.61. The van der Waals surface area contributed by atoms with Gasteiger partial charge in [0, 0.05) is 44.8 Å². The van der Waals surface area contributed by atoms with Gasteiger partial charge in [-0.1, -0.05) is 24.3 Å². The summed E-state index contributed by atoms with van der Waals surface area (Å²) in [6.45, 7) is 6.62. The van der Waals surface area contributed by atoms with Crippen LogP contribution in [-0.4, -0.2) is 32.8 Å². The number of nitrogens with zero attached hydrogens (tertiary/aromatic N) is 1. The second kappa shape index (κ2) is 12.0. The highest BCUT2D eigenvalue weighted by Crippen LogP contribution is 2.35. The smallest absolute Gasteiger partial charge is 0.191 e. The van der Waals surface area contributed by atoms with E-state index < -0.39 is 0 Å². The summed E-state index contributed by atoms with van der Waals surface area (Å²) >= 11 is 0. The number of methoxy groups -OCH3 is 1. The van der Waals surface area contributed by atoms with Gasteiger partial charge in [-0.15, -0.1) is 24.0 Å². The van der Waals surface area contributed by atoms with Crippen LogP contribution in [-0.2, 0) is 30.9 Å². The predicted octanol–water partition coefficient (Wildman–Crippen LogP) is 4.04. The van der Waals surface area contributed by atoms with Gasteiger partial charge in [-0.2, -0.15) is 0 Å². The second-order valence-electron chi connectivity index (χ2n) is 7.17. The van der Waals surface area contributed by atoms with Gasteiger partial charge in [-0.3, -0.25) is 4.99 Å². The van der Waals surface area contributed by atoms with Crippen LogP contribution in [0.25, 0.3) is 0 Å². The number of rotatable bonds is 8. The van der Waals surface area contributed by atoms with Gasteiger partial charge in [-0.25, -0.2) is 0 Å². The Balaban J connectivity index is 0.00000320. The maximum absolute atomic E-state index is 5.91. The van der Waals surface area contributed by atoms with Crippen LogP contribution in [0.2, 0.25) is 0 Å². The lowest BCUT2D eigenvalue weighted by Crippen LogP contribution is -2.36. The molecule has 7 heteroatoms. The van der Waals surface area contributed by atoms with Crippen LogP contribution in [0, 0.1) is 0 Å². The molecule has 1 unspecified atom stereocenters. The van der Waals surface area contributed by atoms with E-state index in [1.165, 1.54) is 11.1 Å². The summed E-state index contributed by atoms with van der Waals surface area (Å²) in [5, 5.41) is 6.74. The van der Waals surface area contributed by atoms with Crippen LogP contribution < -0.4 is 20.1 Å². The summed E-state index contributed by atoms with van der Waals surface area (Å²) in [6.07, 6.45) is 1.14. The average Bonchev–Trinajstić information content (AvgIpc) is 3.07. The maximum Gasteiger partial charge on any atom is 0.191 e. The Bertz CT molecular complexity index is 858. The van der Waals surface area contributed by atoms with Crippen molar-refractivity contribution in [2.45, 2.75) is 46.1 Å². The lowest BCUT2D eigenvalue weighted by atomic mass is 10.1. The maximum atomic E-state index is 5.91. The largest absolute Gasteiger partial charge is 0.494 e.